The molecule has 3 nitrogen and oxygen atoms in total. The molecule has 1 rings (SSSR count). The summed E-state index contributed by atoms with van der Waals surface area (Å²) in [7, 11) is 1.41. The lowest BCUT2D eigenvalue weighted by Gasteiger charge is -2.18. The Balaban J connectivity index is 2.71. The second kappa shape index (κ2) is 5.17. The lowest BCUT2D eigenvalue weighted by molar-refractivity contribution is -0.147. The fourth-order valence-electron chi connectivity index (χ4n) is 1.43. The van der Waals surface area contributed by atoms with Gasteiger partial charge in [0.05, 0.1) is 12.5 Å². The van der Waals surface area contributed by atoms with E-state index < -0.39 is 17.2 Å². The van der Waals surface area contributed by atoms with E-state index in [0.717, 1.165) is 5.56 Å². The molecule has 0 aromatic heterocycles. The maximum atomic E-state index is 13.4. The Morgan fingerprint density at radius 2 is 2.12 bits per heavy atom. The van der Waals surface area contributed by atoms with E-state index in [4.69, 9.17) is 9.84 Å². The smallest absolute Gasteiger partial charge is 0.309 e. The van der Waals surface area contributed by atoms with E-state index in [2.05, 4.69) is 0 Å². The minimum Gasteiger partial charge on any atom is -0.494 e. The molecule has 0 fully saturated rings. The van der Waals surface area contributed by atoms with Crippen molar-refractivity contribution in [1.29, 1.82) is 0 Å². The van der Waals surface area contributed by atoms with Gasteiger partial charge in [-0.15, -0.1) is 0 Å². The van der Waals surface area contributed by atoms with Gasteiger partial charge in [0.15, 0.2) is 11.6 Å². The molecule has 0 unspecified atom stereocenters. The van der Waals surface area contributed by atoms with E-state index in [-0.39, 0.29) is 5.75 Å². The summed E-state index contributed by atoms with van der Waals surface area (Å²) in [6, 6.07) is 4.69. The van der Waals surface area contributed by atoms with Crippen molar-refractivity contribution in [2.45, 2.75) is 26.7 Å². The molecule has 0 spiro atoms. The first-order valence-corrected chi connectivity index (χ1v) is 5.42. The van der Waals surface area contributed by atoms with Crippen LogP contribution in [0.3, 0.4) is 0 Å². The first-order valence-electron chi connectivity index (χ1n) is 5.42. The Kier molecular flexibility index (Phi) is 4.10. The summed E-state index contributed by atoms with van der Waals surface area (Å²) in [5, 5.41) is 8.96. The van der Waals surface area contributed by atoms with Crippen molar-refractivity contribution >= 4 is 5.97 Å². The quantitative estimate of drug-likeness (QED) is 0.860. The molecule has 0 radical (unpaired) electrons. The number of rotatable bonds is 5. The molecule has 4 heteroatoms. The molecule has 0 saturated heterocycles. The number of hydrogen-bond acceptors (Lipinski definition) is 2. The Hall–Kier alpha value is -1.58. The Bertz CT molecular complexity index is 413. The number of methoxy groups -OCH3 is 1. The van der Waals surface area contributed by atoms with Crippen molar-refractivity contribution in [3.8, 4) is 5.75 Å². The third-order valence-electron chi connectivity index (χ3n) is 2.83. The first-order chi connectivity index (χ1) is 7.86. The molecule has 0 atom stereocenters. The van der Waals surface area contributed by atoms with Crippen LogP contribution in [0, 0.1) is 11.2 Å². The molecule has 0 aliphatic rings. The Labute approximate surface area is 100 Å². The van der Waals surface area contributed by atoms with Gasteiger partial charge in [-0.05, 0) is 44.4 Å². The molecular weight excluding hydrogens is 223 g/mol. The van der Waals surface area contributed by atoms with Gasteiger partial charge < -0.3 is 9.84 Å². The number of benzene rings is 1. The molecule has 1 aromatic carbocycles. The molecular formula is C13H17FO3. The number of hydrogen-bond donors (Lipinski definition) is 1. The minimum absolute atomic E-state index is 0.200. The topological polar surface area (TPSA) is 46.5 Å². The Morgan fingerprint density at radius 1 is 1.47 bits per heavy atom. The highest BCUT2D eigenvalue weighted by atomic mass is 19.1. The van der Waals surface area contributed by atoms with Gasteiger partial charge in [-0.25, -0.2) is 4.39 Å². The average Bonchev–Trinajstić information content (AvgIpc) is 2.26. The van der Waals surface area contributed by atoms with Crippen molar-refractivity contribution in [2.75, 3.05) is 7.11 Å². The predicted octanol–water partition coefficient (Wildman–Crippen LogP) is 2.88. The van der Waals surface area contributed by atoms with Crippen molar-refractivity contribution in [2.24, 2.45) is 5.41 Å². The van der Waals surface area contributed by atoms with Crippen molar-refractivity contribution in [3.63, 3.8) is 0 Å². The van der Waals surface area contributed by atoms with Crippen LogP contribution in [-0.2, 0) is 11.2 Å². The van der Waals surface area contributed by atoms with Crippen LogP contribution in [0.15, 0.2) is 18.2 Å². The number of aryl methyl sites for hydroxylation is 1. The second-order valence-electron chi connectivity index (χ2n) is 4.66. The summed E-state index contributed by atoms with van der Waals surface area (Å²) < 4.78 is 18.2. The SMILES string of the molecule is COc1ccc(CCC(C)(C)C(=O)O)cc1F. The molecule has 0 aliphatic carbocycles. The minimum atomic E-state index is -0.841. The summed E-state index contributed by atoms with van der Waals surface area (Å²) in [6.07, 6.45) is 0.994. The van der Waals surface area contributed by atoms with E-state index in [1.807, 2.05) is 0 Å². The van der Waals surface area contributed by atoms with Crippen LogP contribution < -0.4 is 4.74 Å². The fourth-order valence-corrected chi connectivity index (χ4v) is 1.43. The molecule has 17 heavy (non-hydrogen) atoms. The van der Waals surface area contributed by atoms with Crippen LogP contribution in [0.5, 0.6) is 5.75 Å². The number of halogens is 1. The fraction of sp³-hybridized carbons (Fsp3) is 0.462. The first kappa shape index (κ1) is 13.5. The van der Waals surface area contributed by atoms with Gasteiger partial charge in [0.1, 0.15) is 0 Å². The zero-order chi connectivity index (χ0) is 13.1. The summed E-state index contributed by atoms with van der Waals surface area (Å²) in [4.78, 5) is 10.9. The zero-order valence-electron chi connectivity index (χ0n) is 10.3. The molecule has 1 N–H and O–H groups in total. The normalized spacial score (nSPS) is 11.3. The highest BCUT2D eigenvalue weighted by Gasteiger charge is 2.26. The zero-order valence-corrected chi connectivity index (χ0v) is 10.3. The van der Waals surface area contributed by atoms with Crippen LogP contribution in [0.1, 0.15) is 25.8 Å². The number of carboxylic acid groups (broad SMARTS) is 1. The third-order valence-corrected chi connectivity index (χ3v) is 2.83. The monoisotopic (exact) mass is 240 g/mol. The second-order valence-corrected chi connectivity index (χ2v) is 4.66. The summed E-state index contributed by atoms with van der Waals surface area (Å²) >= 11 is 0. The molecule has 94 valence electrons. The number of aliphatic carboxylic acids is 1. The number of carbonyl (C=O) groups is 1. The van der Waals surface area contributed by atoms with Gasteiger partial charge in [-0.3, -0.25) is 4.79 Å². The van der Waals surface area contributed by atoms with Crippen LogP contribution in [0.4, 0.5) is 4.39 Å². The van der Waals surface area contributed by atoms with Gasteiger partial charge >= 0.3 is 5.97 Å². The van der Waals surface area contributed by atoms with E-state index >= 15 is 0 Å². The van der Waals surface area contributed by atoms with Crippen molar-refractivity contribution in [1.82, 2.24) is 0 Å². The highest BCUT2D eigenvalue weighted by Crippen LogP contribution is 2.25. The van der Waals surface area contributed by atoms with E-state index in [1.54, 1.807) is 26.0 Å². The van der Waals surface area contributed by atoms with Crippen LogP contribution in [0.25, 0.3) is 0 Å². The van der Waals surface area contributed by atoms with E-state index in [0.29, 0.717) is 12.8 Å². The summed E-state index contributed by atoms with van der Waals surface area (Å²) in [6.45, 7) is 3.32. The summed E-state index contributed by atoms with van der Waals surface area (Å²) in [5.74, 6) is -1.06. The van der Waals surface area contributed by atoms with Crippen LogP contribution >= 0.6 is 0 Å². The van der Waals surface area contributed by atoms with Gasteiger partial charge in [-0.2, -0.15) is 0 Å². The molecule has 0 amide bonds. The van der Waals surface area contributed by atoms with Gasteiger partial charge in [-0.1, -0.05) is 6.07 Å². The van der Waals surface area contributed by atoms with Crippen molar-refractivity contribution < 1.29 is 19.0 Å². The standard InChI is InChI=1S/C13H17FO3/c1-13(2,12(15)16)7-6-9-4-5-11(17-3)10(14)8-9/h4-5,8H,6-7H2,1-3H3,(H,15,16). The molecule has 0 saturated carbocycles. The highest BCUT2D eigenvalue weighted by molar-refractivity contribution is 5.73. The molecule has 1 aromatic rings. The number of carboxylic acids is 1. The maximum Gasteiger partial charge on any atom is 0.309 e. The van der Waals surface area contributed by atoms with Gasteiger partial charge in [0, 0.05) is 0 Å². The van der Waals surface area contributed by atoms with Gasteiger partial charge in [0.2, 0.25) is 0 Å². The van der Waals surface area contributed by atoms with E-state index in [1.165, 1.54) is 13.2 Å². The Morgan fingerprint density at radius 3 is 2.59 bits per heavy atom. The van der Waals surface area contributed by atoms with E-state index in [9.17, 15) is 9.18 Å². The predicted molar refractivity (Wildman–Crippen MR) is 62.7 cm³/mol. The maximum absolute atomic E-state index is 13.4. The lowest BCUT2D eigenvalue weighted by atomic mass is 9.86. The third kappa shape index (κ3) is 3.44. The van der Waals surface area contributed by atoms with Crippen LogP contribution in [0.2, 0.25) is 0 Å². The molecule has 0 aliphatic heterocycles. The van der Waals surface area contributed by atoms with Crippen molar-refractivity contribution in [3.05, 3.63) is 29.6 Å². The number of ether oxygens (including phenoxy) is 1. The van der Waals surface area contributed by atoms with Crippen LogP contribution in [-0.4, -0.2) is 18.2 Å². The average molecular weight is 240 g/mol. The largest absolute Gasteiger partial charge is 0.494 e. The summed E-state index contributed by atoms with van der Waals surface area (Å²) in [5.41, 5.74) is -0.0197. The lowest BCUT2D eigenvalue weighted by Crippen LogP contribution is -2.24. The van der Waals surface area contributed by atoms with Gasteiger partial charge in [0.25, 0.3) is 0 Å². The molecule has 0 bridgehead atoms. The molecule has 0 heterocycles.